The van der Waals surface area contributed by atoms with Gasteiger partial charge in [-0.05, 0) is 42.3 Å². The zero-order valence-corrected chi connectivity index (χ0v) is 19.0. The monoisotopic (exact) mass is 495 g/mol. The van der Waals surface area contributed by atoms with E-state index in [-0.39, 0.29) is 24.1 Å². The predicted molar refractivity (Wildman–Crippen MR) is 127 cm³/mol. The first-order valence-electron chi connectivity index (χ1n) is 10.2. The van der Waals surface area contributed by atoms with Gasteiger partial charge in [0.15, 0.2) is 5.75 Å². The number of nitro benzene ring substituents is 1. The van der Waals surface area contributed by atoms with Crippen LogP contribution in [0.2, 0.25) is 0 Å². The molecule has 32 heavy (non-hydrogen) atoms. The molecular weight excluding hydrogens is 474 g/mol. The Morgan fingerprint density at radius 2 is 1.94 bits per heavy atom. The first kappa shape index (κ1) is 22.0. The van der Waals surface area contributed by atoms with Crippen LogP contribution in [-0.2, 0) is 0 Å². The normalized spacial score (nSPS) is 15.2. The summed E-state index contributed by atoms with van der Waals surface area (Å²) in [6.07, 6.45) is 0.532. The van der Waals surface area contributed by atoms with E-state index in [2.05, 4.69) is 39.0 Å². The molecule has 0 spiro atoms. The number of rotatable bonds is 7. The van der Waals surface area contributed by atoms with Crippen molar-refractivity contribution in [1.29, 1.82) is 0 Å². The molecule has 3 aromatic carbocycles. The highest BCUT2D eigenvalue weighted by atomic mass is 79.9. The van der Waals surface area contributed by atoms with Gasteiger partial charge in [0.1, 0.15) is 5.84 Å². The predicted octanol–water partition coefficient (Wildman–Crippen LogP) is 5.23. The van der Waals surface area contributed by atoms with E-state index >= 15 is 0 Å². The molecule has 0 bridgehead atoms. The Hall–Kier alpha value is -3.23. The largest absolute Gasteiger partial charge is 0.490 e. The van der Waals surface area contributed by atoms with Gasteiger partial charge in [-0.3, -0.25) is 10.1 Å². The zero-order chi connectivity index (χ0) is 22.7. The molecule has 0 aliphatic carbocycles. The number of aliphatic imine (C=N–C) groups is 1. The number of aliphatic hydroxyl groups excluding tert-OH is 1. The van der Waals surface area contributed by atoms with Crippen LogP contribution in [0.25, 0.3) is 0 Å². The van der Waals surface area contributed by atoms with Crippen LogP contribution in [0.1, 0.15) is 29.2 Å². The fraction of sp³-hybridized carbons (Fsp3) is 0.208. The molecule has 3 aromatic rings. The summed E-state index contributed by atoms with van der Waals surface area (Å²) in [6, 6.07) is 20.7. The first-order chi connectivity index (χ1) is 15.5. The lowest BCUT2D eigenvalue weighted by atomic mass is 9.92. The second kappa shape index (κ2) is 9.50. The second-order valence-electron chi connectivity index (χ2n) is 7.37. The van der Waals surface area contributed by atoms with Gasteiger partial charge in [0, 0.05) is 34.8 Å². The van der Waals surface area contributed by atoms with E-state index in [4.69, 9.17) is 9.73 Å². The van der Waals surface area contributed by atoms with Gasteiger partial charge in [-0.15, -0.1) is 0 Å². The second-order valence-corrected chi connectivity index (χ2v) is 8.28. The minimum absolute atomic E-state index is 0.0272. The van der Waals surface area contributed by atoms with Gasteiger partial charge in [-0.1, -0.05) is 46.3 Å². The van der Waals surface area contributed by atoms with Crippen LogP contribution in [0.3, 0.4) is 0 Å². The van der Waals surface area contributed by atoms with Gasteiger partial charge in [0.25, 0.3) is 0 Å². The summed E-state index contributed by atoms with van der Waals surface area (Å²) in [5.74, 6) is 0.814. The van der Waals surface area contributed by atoms with E-state index in [9.17, 15) is 15.2 Å². The smallest absolute Gasteiger partial charge is 0.311 e. The maximum Gasteiger partial charge on any atom is 0.311 e. The van der Waals surface area contributed by atoms with Crippen molar-refractivity contribution in [2.24, 2.45) is 4.99 Å². The summed E-state index contributed by atoms with van der Waals surface area (Å²) < 4.78 is 6.11. The van der Waals surface area contributed by atoms with E-state index < -0.39 is 4.92 Å². The number of amidine groups is 1. The summed E-state index contributed by atoms with van der Waals surface area (Å²) in [5.41, 5.74) is 3.39. The highest BCUT2D eigenvalue weighted by Gasteiger charge is 2.33. The number of aliphatic hydroxyl groups is 1. The summed E-state index contributed by atoms with van der Waals surface area (Å²) in [6.45, 7) is 0.556. The number of methoxy groups -OCH3 is 1. The van der Waals surface area contributed by atoms with Gasteiger partial charge in [0.2, 0.25) is 0 Å². The van der Waals surface area contributed by atoms with Gasteiger partial charge in [-0.25, -0.2) is 4.99 Å². The SMILES string of the molecule is COc1ccc(C2=Nc3ccc(Br)cc3C(c3ccccc3)N2CCCO)cc1[N+](=O)[O-]. The molecule has 0 amide bonds. The van der Waals surface area contributed by atoms with Crippen LogP contribution >= 0.6 is 15.9 Å². The number of nitrogens with zero attached hydrogens (tertiary/aromatic N) is 3. The minimum Gasteiger partial charge on any atom is -0.490 e. The average Bonchev–Trinajstić information content (AvgIpc) is 2.82. The summed E-state index contributed by atoms with van der Waals surface area (Å²) in [5, 5.41) is 21.2. The molecule has 7 nitrogen and oxygen atoms in total. The van der Waals surface area contributed by atoms with Crippen molar-refractivity contribution >= 4 is 33.1 Å². The van der Waals surface area contributed by atoms with Gasteiger partial charge in [-0.2, -0.15) is 0 Å². The third-order valence-corrected chi connectivity index (χ3v) is 5.89. The molecule has 1 unspecified atom stereocenters. The number of hydrogen-bond donors (Lipinski definition) is 1. The summed E-state index contributed by atoms with van der Waals surface area (Å²) in [7, 11) is 1.41. The number of nitro groups is 1. The number of fused-ring (bicyclic) bond motifs is 1. The van der Waals surface area contributed by atoms with E-state index in [0.29, 0.717) is 24.4 Å². The minimum atomic E-state index is -0.455. The van der Waals surface area contributed by atoms with E-state index in [1.54, 1.807) is 12.1 Å². The number of hydrogen-bond acceptors (Lipinski definition) is 6. The fourth-order valence-electron chi connectivity index (χ4n) is 3.99. The van der Waals surface area contributed by atoms with Crippen molar-refractivity contribution in [1.82, 2.24) is 4.90 Å². The van der Waals surface area contributed by atoms with Crippen molar-refractivity contribution in [2.75, 3.05) is 20.3 Å². The Morgan fingerprint density at radius 3 is 2.62 bits per heavy atom. The van der Waals surface area contributed by atoms with Crippen LogP contribution in [0.15, 0.2) is 76.2 Å². The van der Waals surface area contributed by atoms with Crippen LogP contribution in [0.4, 0.5) is 11.4 Å². The maximum absolute atomic E-state index is 11.6. The quantitative estimate of drug-likeness (QED) is 0.358. The molecule has 0 saturated carbocycles. The summed E-state index contributed by atoms with van der Waals surface area (Å²) >= 11 is 3.57. The third kappa shape index (κ3) is 4.24. The highest BCUT2D eigenvalue weighted by molar-refractivity contribution is 9.10. The van der Waals surface area contributed by atoms with E-state index in [1.165, 1.54) is 13.2 Å². The molecule has 1 atom stereocenters. The van der Waals surface area contributed by atoms with Crippen LogP contribution in [-0.4, -0.2) is 41.0 Å². The van der Waals surface area contributed by atoms with Crippen molar-refractivity contribution in [3.63, 3.8) is 0 Å². The first-order valence-corrected chi connectivity index (χ1v) is 11.0. The van der Waals surface area contributed by atoms with Crippen LogP contribution < -0.4 is 4.74 Å². The third-order valence-electron chi connectivity index (χ3n) is 5.40. The van der Waals surface area contributed by atoms with Gasteiger partial charge < -0.3 is 14.7 Å². The van der Waals surface area contributed by atoms with Crippen molar-refractivity contribution in [3.05, 3.63) is 98.0 Å². The maximum atomic E-state index is 11.6. The Morgan fingerprint density at radius 1 is 1.16 bits per heavy atom. The molecule has 0 fully saturated rings. The number of halogens is 1. The molecule has 0 saturated heterocycles. The molecule has 1 N–H and O–H groups in total. The lowest BCUT2D eigenvalue weighted by Crippen LogP contribution is -2.39. The molecule has 0 aromatic heterocycles. The molecular formula is C24H22BrN3O4. The number of benzene rings is 3. The lowest BCUT2D eigenvalue weighted by Gasteiger charge is -2.39. The Bertz CT molecular complexity index is 1170. The van der Waals surface area contributed by atoms with Crippen molar-refractivity contribution < 1.29 is 14.8 Å². The molecule has 1 heterocycles. The molecule has 164 valence electrons. The van der Waals surface area contributed by atoms with Gasteiger partial charge in [0.05, 0.1) is 23.8 Å². The van der Waals surface area contributed by atoms with Crippen molar-refractivity contribution in [3.8, 4) is 5.75 Å². The molecule has 8 heteroatoms. The molecule has 1 aliphatic rings. The van der Waals surface area contributed by atoms with Crippen LogP contribution in [0, 0.1) is 10.1 Å². The highest BCUT2D eigenvalue weighted by Crippen LogP contribution is 2.42. The Labute approximate surface area is 194 Å². The molecule has 0 radical (unpaired) electrons. The van der Waals surface area contributed by atoms with Gasteiger partial charge >= 0.3 is 5.69 Å². The average molecular weight is 496 g/mol. The lowest BCUT2D eigenvalue weighted by molar-refractivity contribution is -0.385. The van der Waals surface area contributed by atoms with Crippen molar-refractivity contribution in [2.45, 2.75) is 12.5 Å². The summed E-state index contributed by atoms with van der Waals surface area (Å²) in [4.78, 5) is 18.2. The van der Waals surface area contributed by atoms with E-state index in [1.807, 2.05) is 30.3 Å². The Balaban J connectivity index is 1.93. The Kier molecular flexibility index (Phi) is 6.53. The molecule has 1 aliphatic heterocycles. The van der Waals surface area contributed by atoms with Crippen LogP contribution in [0.5, 0.6) is 5.75 Å². The standard InChI is InChI=1S/C24H22BrN3O4/c1-32-22-11-8-17(14-21(22)28(30)31)24-26-20-10-9-18(25)15-19(20)23(27(24)12-5-13-29)16-6-3-2-4-7-16/h2-4,6-11,14-15,23,29H,5,12-13H2,1H3. The number of ether oxygens (including phenoxy) is 1. The van der Waals surface area contributed by atoms with E-state index in [0.717, 1.165) is 21.3 Å². The zero-order valence-electron chi connectivity index (χ0n) is 17.4. The molecule has 4 rings (SSSR count). The fourth-order valence-corrected chi connectivity index (χ4v) is 4.37. The topological polar surface area (TPSA) is 88.2 Å².